The third-order valence-corrected chi connectivity index (χ3v) is 6.97. The average Bonchev–Trinajstić information content (AvgIpc) is 3.39. The monoisotopic (exact) mass is 504 g/mol. The van der Waals surface area contributed by atoms with E-state index in [1.54, 1.807) is 31.2 Å². The maximum Gasteiger partial charge on any atom is 0.341 e. The molecule has 1 aliphatic rings. The molecule has 1 aliphatic heterocycles. The summed E-state index contributed by atoms with van der Waals surface area (Å²) < 4.78 is 5.27. The highest BCUT2D eigenvalue weighted by atomic mass is 32.1. The van der Waals surface area contributed by atoms with E-state index in [4.69, 9.17) is 4.74 Å². The maximum atomic E-state index is 12.8. The van der Waals surface area contributed by atoms with E-state index in [-0.39, 0.29) is 37.3 Å². The molecule has 186 valence electrons. The van der Waals surface area contributed by atoms with Crippen LogP contribution in [0.15, 0.2) is 53.9 Å². The van der Waals surface area contributed by atoms with Crippen LogP contribution in [0.2, 0.25) is 0 Å². The van der Waals surface area contributed by atoms with Crippen LogP contribution in [-0.2, 0) is 9.53 Å². The normalized spacial score (nSPS) is 12.7. The highest BCUT2D eigenvalue weighted by molar-refractivity contribution is 7.15. The Bertz CT molecular complexity index is 1270. The fourth-order valence-electron chi connectivity index (χ4n) is 4.14. The van der Waals surface area contributed by atoms with E-state index >= 15 is 0 Å². The molecule has 0 unspecified atom stereocenters. The van der Waals surface area contributed by atoms with E-state index < -0.39 is 5.97 Å². The summed E-state index contributed by atoms with van der Waals surface area (Å²) in [5.41, 5.74) is 3.86. The molecule has 0 fully saturated rings. The number of fused-ring (bicyclic) bond motifs is 1. The van der Waals surface area contributed by atoms with Gasteiger partial charge in [-0.25, -0.2) is 4.79 Å². The molecule has 0 spiro atoms. The Morgan fingerprint density at radius 2 is 1.61 bits per heavy atom. The van der Waals surface area contributed by atoms with Gasteiger partial charge in [-0.05, 0) is 42.5 Å². The number of rotatable bonds is 9. The van der Waals surface area contributed by atoms with Gasteiger partial charge in [-0.1, -0.05) is 50.2 Å². The molecular formula is C28H28N2O5S. The van der Waals surface area contributed by atoms with Gasteiger partial charge in [0.25, 0.3) is 11.8 Å². The van der Waals surface area contributed by atoms with Crippen molar-refractivity contribution in [2.24, 2.45) is 0 Å². The second-order valence-corrected chi connectivity index (χ2v) is 9.69. The summed E-state index contributed by atoms with van der Waals surface area (Å²) in [7, 11) is 0. The Morgan fingerprint density at radius 1 is 0.972 bits per heavy atom. The Labute approximate surface area is 214 Å². The number of esters is 1. The number of carbonyl (C=O) groups excluding carboxylic acids is 4. The summed E-state index contributed by atoms with van der Waals surface area (Å²) in [4.78, 5) is 51.7. The minimum Gasteiger partial charge on any atom is -0.462 e. The van der Waals surface area contributed by atoms with Crippen LogP contribution in [0.3, 0.4) is 0 Å². The van der Waals surface area contributed by atoms with E-state index in [0.29, 0.717) is 39.6 Å². The number of thiophene rings is 1. The predicted octanol–water partition coefficient (Wildman–Crippen LogP) is 5.73. The average molecular weight is 505 g/mol. The summed E-state index contributed by atoms with van der Waals surface area (Å²) in [5, 5.41) is 5.08. The highest BCUT2D eigenvalue weighted by Gasteiger charge is 2.34. The zero-order valence-electron chi connectivity index (χ0n) is 20.5. The zero-order chi connectivity index (χ0) is 25.8. The smallest absolute Gasteiger partial charge is 0.341 e. The summed E-state index contributed by atoms with van der Waals surface area (Å²) >= 11 is 1.26. The molecule has 0 bridgehead atoms. The van der Waals surface area contributed by atoms with Crippen LogP contribution >= 0.6 is 11.3 Å². The number of carbonyl (C=O) groups is 4. The first-order chi connectivity index (χ1) is 17.3. The third kappa shape index (κ3) is 5.09. The van der Waals surface area contributed by atoms with Gasteiger partial charge in [0.2, 0.25) is 5.91 Å². The molecule has 1 aromatic heterocycles. The first kappa shape index (κ1) is 25.3. The van der Waals surface area contributed by atoms with E-state index in [2.05, 4.69) is 19.2 Å². The number of hydrogen-bond acceptors (Lipinski definition) is 6. The third-order valence-electron chi connectivity index (χ3n) is 6.08. The van der Waals surface area contributed by atoms with Crippen molar-refractivity contribution in [2.75, 3.05) is 18.5 Å². The van der Waals surface area contributed by atoms with Crippen LogP contribution in [0.4, 0.5) is 5.00 Å². The molecule has 1 N–H and O–H groups in total. The van der Waals surface area contributed by atoms with Crippen molar-refractivity contribution < 1.29 is 23.9 Å². The molecule has 7 nitrogen and oxygen atoms in total. The topological polar surface area (TPSA) is 92.8 Å². The number of imide groups is 1. The lowest BCUT2D eigenvalue weighted by Gasteiger charge is -2.13. The van der Waals surface area contributed by atoms with E-state index in [1.165, 1.54) is 21.8 Å². The molecule has 0 saturated carbocycles. The number of anilines is 1. The fraction of sp³-hybridized carbons (Fsp3) is 0.286. The molecule has 2 heterocycles. The fourth-order valence-corrected chi connectivity index (χ4v) is 5.12. The number of amides is 3. The minimum atomic E-state index is -0.497. The van der Waals surface area contributed by atoms with Crippen LogP contribution in [0.5, 0.6) is 0 Å². The SMILES string of the molecule is CCOC(=O)c1c(-c2ccc(C(C)C)cc2)csc1NC(=O)CCCN1C(=O)c2ccccc2C1=O. The van der Waals surface area contributed by atoms with Crippen LogP contribution in [-0.4, -0.2) is 41.7 Å². The Morgan fingerprint density at radius 3 is 2.19 bits per heavy atom. The first-order valence-corrected chi connectivity index (χ1v) is 12.8. The van der Waals surface area contributed by atoms with Crippen molar-refractivity contribution >= 4 is 40.0 Å². The molecule has 0 radical (unpaired) electrons. The van der Waals surface area contributed by atoms with E-state index in [9.17, 15) is 19.2 Å². The Kier molecular flexibility index (Phi) is 7.64. The van der Waals surface area contributed by atoms with Crippen molar-refractivity contribution in [3.05, 3.63) is 76.2 Å². The molecule has 4 rings (SSSR count). The van der Waals surface area contributed by atoms with Crippen molar-refractivity contribution in [3.63, 3.8) is 0 Å². The van der Waals surface area contributed by atoms with Crippen LogP contribution in [0, 0.1) is 0 Å². The highest BCUT2D eigenvalue weighted by Crippen LogP contribution is 2.37. The molecular weight excluding hydrogens is 476 g/mol. The molecule has 8 heteroatoms. The Hall–Kier alpha value is -3.78. The lowest BCUT2D eigenvalue weighted by Crippen LogP contribution is -2.31. The standard InChI is InChI=1S/C28H28N2O5S/c1-4-35-28(34)24-22(19-13-11-18(12-14-19)17(2)3)16-36-25(24)29-23(31)10-7-15-30-26(32)20-8-5-6-9-21(20)27(30)33/h5-6,8-9,11-14,16-17H,4,7,10,15H2,1-3H3,(H,29,31). The molecule has 36 heavy (non-hydrogen) atoms. The summed E-state index contributed by atoms with van der Waals surface area (Å²) in [6.07, 6.45) is 0.396. The zero-order valence-corrected chi connectivity index (χ0v) is 21.3. The largest absolute Gasteiger partial charge is 0.462 e. The molecule has 0 aliphatic carbocycles. The van der Waals surface area contributed by atoms with Crippen LogP contribution in [0.25, 0.3) is 11.1 Å². The van der Waals surface area contributed by atoms with Gasteiger partial charge in [0.1, 0.15) is 10.6 Å². The second-order valence-electron chi connectivity index (χ2n) is 8.81. The maximum absolute atomic E-state index is 12.8. The number of nitrogens with one attached hydrogen (secondary N) is 1. The van der Waals surface area contributed by atoms with Gasteiger partial charge >= 0.3 is 5.97 Å². The van der Waals surface area contributed by atoms with Gasteiger partial charge in [-0.15, -0.1) is 11.3 Å². The number of nitrogens with zero attached hydrogens (tertiary/aromatic N) is 1. The number of hydrogen-bond donors (Lipinski definition) is 1. The van der Waals surface area contributed by atoms with E-state index in [0.717, 1.165) is 5.56 Å². The van der Waals surface area contributed by atoms with Gasteiger partial charge in [-0.3, -0.25) is 19.3 Å². The van der Waals surface area contributed by atoms with Gasteiger partial charge in [0.05, 0.1) is 17.7 Å². The van der Waals surface area contributed by atoms with Crippen molar-refractivity contribution in [1.29, 1.82) is 0 Å². The van der Waals surface area contributed by atoms with Crippen LogP contribution in [0.1, 0.15) is 76.2 Å². The molecule has 3 aromatic rings. The van der Waals surface area contributed by atoms with Crippen molar-refractivity contribution in [1.82, 2.24) is 4.90 Å². The van der Waals surface area contributed by atoms with Crippen LogP contribution < -0.4 is 5.32 Å². The van der Waals surface area contributed by atoms with Crippen molar-refractivity contribution in [3.8, 4) is 11.1 Å². The summed E-state index contributed by atoms with van der Waals surface area (Å²) in [6, 6.07) is 14.7. The molecule has 0 saturated heterocycles. The minimum absolute atomic E-state index is 0.0893. The first-order valence-electron chi connectivity index (χ1n) is 12.0. The van der Waals surface area contributed by atoms with Gasteiger partial charge in [0, 0.05) is 23.9 Å². The Balaban J connectivity index is 1.44. The van der Waals surface area contributed by atoms with Gasteiger partial charge < -0.3 is 10.1 Å². The number of ether oxygens (including phenoxy) is 1. The summed E-state index contributed by atoms with van der Waals surface area (Å²) in [6.45, 7) is 6.33. The summed E-state index contributed by atoms with van der Waals surface area (Å²) in [5.74, 6) is -1.09. The second kappa shape index (κ2) is 10.9. The molecule has 0 atom stereocenters. The number of benzene rings is 2. The predicted molar refractivity (Wildman–Crippen MR) is 139 cm³/mol. The van der Waals surface area contributed by atoms with Gasteiger partial charge in [-0.2, -0.15) is 0 Å². The lowest BCUT2D eigenvalue weighted by atomic mass is 9.98. The van der Waals surface area contributed by atoms with Crippen molar-refractivity contribution in [2.45, 2.75) is 39.5 Å². The quantitative estimate of drug-likeness (QED) is 0.297. The van der Waals surface area contributed by atoms with Gasteiger partial charge in [0.15, 0.2) is 0 Å². The molecule has 3 amide bonds. The van der Waals surface area contributed by atoms with E-state index in [1.807, 2.05) is 29.6 Å². The lowest BCUT2D eigenvalue weighted by molar-refractivity contribution is -0.116. The molecule has 2 aromatic carbocycles.